The topological polar surface area (TPSA) is 127 Å². The number of aliphatic hydroxyl groups is 1. The molecule has 9 nitrogen and oxygen atoms in total. The van der Waals surface area contributed by atoms with E-state index in [9.17, 15) is 9.90 Å². The molecule has 0 aromatic carbocycles. The van der Waals surface area contributed by atoms with E-state index in [4.69, 9.17) is 28.8 Å². The van der Waals surface area contributed by atoms with Crippen molar-refractivity contribution in [2.75, 3.05) is 13.7 Å². The number of carboxylic acid groups (broad SMARTS) is 1. The number of hydrogen-bond donors (Lipinski definition) is 3. The van der Waals surface area contributed by atoms with Gasteiger partial charge in [0, 0.05) is 19.4 Å². The molecule has 1 aromatic rings. The molecule has 2 rings (SSSR count). The third-order valence-corrected chi connectivity index (χ3v) is 4.60. The second kappa shape index (κ2) is 18.5. The van der Waals surface area contributed by atoms with Crippen molar-refractivity contribution in [3.63, 3.8) is 0 Å². The maximum absolute atomic E-state index is 12.4. The first-order valence-electron chi connectivity index (χ1n) is 11.7. The number of methoxy groups -OCH3 is 1. The second-order valence-electron chi connectivity index (χ2n) is 7.34. The van der Waals surface area contributed by atoms with Crippen molar-refractivity contribution >= 4 is 12.4 Å². The lowest BCUT2D eigenvalue weighted by molar-refractivity contribution is -0.325. The van der Waals surface area contributed by atoms with E-state index in [1.165, 1.54) is 7.11 Å². The summed E-state index contributed by atoms with van der Waals surface area (Å²) in [6, 6.07) is 3.43. The van der Waals surface area contributed by atoms with Gasteiger partial charge in [0.1, 0.15) is 17.9 Å². The summed E-state index contributed by atoms with van der Waals surface area (Å²) in [7, 11) is 1.50. The van der Waals surface area contributed by atoms with Gasteiger partial charge in [-0.15, -0.1) is 0 Å². The Hall–Kier alpha value is -1.94. The fraction of sp³-hybridized carbons (Fsp3) is 0.750. The van der Waals surface area contributed by atoms with E-state index in [-0.39, 0.29) is 6.47 Å². The molecule has 1 fully saturated rings. The highest BCUT2D eigenvalue weighted by molar-refractivity contribution is 5.87. The maximum Gasteiger partial charge on any atom is 0.355 e. The summed E-state index contributed by atoms with van der Waals surface area (Å²) < 4.78 is 22.7. The summed E-state index contributed by atoms with van der Waals surface area (Å²) in [5, 5.41) is 17.6. The third kappa shape index (κ3) is 11.2. The van der Waals surface area contributed by atoms with Crippen molar-refractivity contribution in [1.82, 2.24) is 4.98 Å². The molecule has 1 aliphatic heterocycles. The minimum Gasteiger partial charge on any atom is -0.483 e. The molecule has 0 aliphatic carbocycles. The molecule has 4 atom stereocenters. The smallest absolute Gasteiger partial charge is 0.355 e. The number of rotatable bonds is 8. The summed E-state index contributed by atoms with van der Waals surface area (Å²) in [5.74, 6) is -0.549. The van der Waals surface area contributed by atoms with E-state index in [0.29, 0.717) is 12.3 Å². The number of hydrogen-bond acceptors (Lipinski definition) is 7. The number of esters is 1. The number of aromatic amines is 1. The quantitative estimate of drug-likeness (QED) is 0.288. The van der Waals surface area contributed by atoms with Crippen molar-refractivity contribution < 1.29 is 38.7 Å². The van der Waals surface area contributed by atoms with Crippen molar-refractivity contribution in [1.29, 1.82) is 0 Å². The molecule has 194 valence electrons. The van der Waals surface area contributed by atoms with E-state index in [2.05, 4.69) is 11.9 Å². The number of H-pyrrole nitrogens is 1. The lowest BCUT2D eigenvalue weighted by Crippen LogP contribution is -2.64. The van der Waals surface area contributed by atoms with Crippen LogP contribution in [0.4, 0.5) is 0 Å². The zero-order valence-electron chi connectivity index (χ0n) is 21.7. The summed E-state index contributed by atoms with van der Waals surface area (Å²) in [5.41, 5.74) is 0.388. The van der Waals surface area contributed by atoms with Crippen molar-refractivity contribution in [2.45, 2.75) is 105 Å². The Balaban J connectivity index is 0. The monoisotopic (exact) mass is 475 g/mol. The number of unbranched alkanes of at least 4 members (excludes halogenated alkanes) is 2. The first-order chi connectivity index (χ1) is 15.7. The van der Waals surface area contributed by atoms with Crippen LogP contribution < -0.4 is 0 Å². The van der Waals surface area contributed by atoms with Crippen LogP contribution in [0.15, 0.2) is 12.1 Å². The van der Waals surface area contributed by atoms with Crippen LogP contribution in [0.3, 0.4) is 0 Å². The minimum atomic E-state index is -1.14. The minimum absolute atomic E-state index is 0.250. The van der Waals surface area contributed by atoms with E-state index in [0.717, 1.165) is 25.0 Å². The summed E-state index contributed by atoms with van der Waals surface area (Å²) in [6.07, 6.45) is -0.569. The zero-order valence-corrected chi connectivity index (χ0v) is 21.7. The average Bonchev–Trinajstić information content (AvgIpc) is 3.24. The molecule has 2 heterocycles. The molecule has 1 aromatic heterocycles. The highest BCUT2D eigenvalue weighted by Crippen LogP contribution is 2.34. The molecule has 0 spiro atoms. The van der Waals surface area contributed by atoms with Gasteiger partial charge >= 0.3 is 5.97 Å². The van der Waals surface area contributed by atoms with Gasteiger partial charge in [0.05, 0.1) is 5.60 Å². The van der Waals surface area contributed by atoms with Crippen LogP contribution in [0.25, 0.3) is 0 Å². The van der Waals surface area contributed by atoms with Gasteiger partial charge < -0.3 is 34.1 Å². The van der Waals surface area contributed by atoms with E-state index in [1.54, 1.807) is 12.1 Å². The number of aryl methyl sites for hydroxylation is 1. The van der Waals surface area contributed by atoms with Gasteiger partial charge in [-0.3, -0.25) is 4.79 Å². The molecule has 33 heavy (non-hydrogen) atoms. The number of carbonyl (C=O) groups excluding carboxylic acids is 1. The van der Waals surface area contributed by atoms with Crippen molar-refractivity contribution in [3.8, 4) is 0 Å². The first-order valence-corrected chi connectivity index (χ1v) is 11.7. The highest BCUT2D eigenvalue weighted by Gasteiger charge is 2.52. The molecular formula is C24H45NO8. The Morgan fingerprint density at radius 1 is 1.21 bits per heavy atom. The van der Waals surface area contributed by atoms with E-state index < -0.39 is 36.2 Å². The van der Waals surface area contributed by atoms with Gasteiger partial charge in [-0.2, -0.15) is 0 Å². The van der Waals surface area contributed by atoms with Crippen LogP contribution in [0, 0.1) is 6.92 Å². The molecular weight excluding hydrogens is 430 g/mol. The summed E-state index contributed by atoms with van der Waals surface area (Å²) in [4.78, 5) is 23.7. The summed E-state index contributed by atoms with van der Waals surface area (Å²) >= 11 is 0. The van der Waals surface area contributed by atoms with Crippen molar-refractivity contribution in [3.05, 3.63) is 23.5 Å². The summed E-state index contributed by atoms with van der Waals surface area (Å²) in [6.45, 7) is 15.8. The predicted octanol–water partition coefficient (Wildman–Crippen LogP) is 4.32. The number of aliphatic hydroxyl groups excluding tert-OH is 1. The van der Waals surface area contributed by atoms with E-state index in [1.807, 2.05) is 48.5 Å². The van der Waals surface area contributed by atoms with Gasteiger partial charge in [-0.05, 0) is 39.3 Å². The van der Waals surface area contributed by atoms with Crippen LogP contribution in [-0.4, -0.2) is 71.6 Å². The molecule has 0 saturated carbocycles. The largest absolute Gasteiger partial charge is 0.483 e. The second-order valence-corrected chi connectivity index (χ2v) is 7.34. The van der Waals surface area contributed by atoms with Gasteiger partial charge in [0.25, 0.3) is 6.47 Å². The molecule has 3 N–H and O–H groups in total. The molecule has 0 bridgehead atoms. The van der Waals surface area contributed by atoms with Gasteiger partial charge in [0.15, 0.2) is 12.4 Å². The molecule has 2 unspecified atom stereocenters. The van der Waals surface area contributed by atoms with Gasteiger partial charge in [-0.1, -0.05) is 47.5 Å². The lowest BCUT2D eigenvalue weighted by atomic mass is 9.89. The Kier molecular flexibility index (Phi) is 18.6. The SMILES string of the molecule is CC.CC.CCCCCO[C@@H]1OC(C)(C)[C@H](OC)C(OC(=O)c2ccc(C)[nH]2)C1O.O=CO. The number of nitrogens with one attached hydrogen (secondary N) is 1. The Labute approximate surface area is 198 Å². The number of ether oxygens (including phenoxy) is 4. The fourth-order valence-corrected chi connectivity index (χ4v) is 3.21. The Bertz CT molecular complexity index is 632. The van der Waals surface area contributed by atoms with Crippen LogP contribution in [-0.2, 0) is 23.7 Å². The van der Waals surface area contributed by atoms with Crippen molar-refractivity contribution in [2.24, 2.45) is 0 Å². The van der Waals surface area contributed by atoms with Gasteiger partial charge in [0.2, 0.25) is 0 Å². The first kappa shape index (κ1) is 33.2. The third-order valence-electron chi connectivity index (χ3n) is 4.60. The van der Waals surface area contributed by atoms with Crippen LogP contribution in [0.2, 0.25) is 0 Å². The number of carbonyl (C=O) groups is 2. The predicted molar refractivity (Wildman–Crippen MR) is 127 cm³/mol. The Morgan fingerprint density at radius 3 is 2.24 bits per heavy atom. The Morgan fingerprint density at radius 2 is 1.79 bits per heavy atom. The number of aromatic nitrogens is 1. The van der Waals surface area contributed by atoms with Crippen LogP contribution in [0.5, 0.6) is 0 Å². The zero-order chi connectivity index (χ0) is 26.0. The average molecular weight is 476 g/mol. The molecule has 1 aliphatic rings. The van der Waals surface area contributed by atoms with Crippen LogP contribution in [0.1, 0.15) is 83.9 Å². The maximum atomic E-state index is 12.4. The molecule has 0 radical (unpaired) electrons. The molecule has 9 heteroatoms. The van der Waals surface area contributed by atoms with Crippen LogP contribution >= 0.6 is 0 Å². The van der Waals surface area contributed by atoms with Gasteiger partial charge in [-0.25, -0.2) is 4.79 Å². The lowest BCUT2D eigenvalue weighted by Gasteiger charge is -2.47. The molecule has 1 saturated heterocycles. The standard InChI is InChI=1S/C19H31NO6.2C2H6.CH2O2/c1-6-7-8-11-24-18-14(21)15(16(23-5)19(3,4)26-18)25-17(22)13-10-9-12(2)20-13;2*1-2;2-1-3/h9-10,14-16,18,20-21H,6-8,11H2,1-5H3;2*1-2H3;1H,(H,2,3)/t14?,15?,16-,18-;;;/m1.../s1. The fourth-order valence-electron chi connectivity index (χ4n) is 3.21. The molecule has 0 amide bonds. The highest BCUT2D eigenvalue weighted by atomic mass is 16.7. The normalized spacial score (nSPS) is 22.8. The van der Waals surface area contributed by atoms with E-state index >= 15 is 0 Å².